The monoisotopic (exact) mass is 466 g/mol. The molecule has 0 bridgehead atoms. The zero-order valence-corrected chi connectivity index (χ0v) is 20.0. The van der Waals surface area contributed by atoms with Crippen LogP contribution in [0.4, 0.5) is 0 Å². The van der Waals surface area contributed by atoms with Gasteiger partial charge in [-0.25, -0.2) is 0 Å². The zero-order chi connectivity index (χ0) is 24.1. The van der Waals surface area contributed by atoms with Gasteiger partial charge in [0, 0.05) is 43.2 Å². The molecule has 178 valence electrons. The van der Waals surface area contributed by atoms with E-state index in [1.165, 1.54) is 16.3 Å². The zero-order valence-electron chi connectivity index (χ0n) is 20.0. The second-order valence-electron chi connectivity index (χ2n) is 9.95. The number of hydrogen-bond acceptors (Lipinski definition) is 3. The summed E-state index contributed by atoms with van der Waals surface area (Å²) in [7, 11) is 2.10. The van der Waals surface area contributed by atoms with Gasteiger partial charge < -0.3 is 20.5 Å². The van der Waals surface area contributed by atoms with Gasteiger partial charge in [0.15, 0.2) is 0 Å². The predicted molar refractivity (Wildman–Crippen MR) is 139 cm³/mol. The number of nitrogens with two attached hydrogens (primary N) is 1. The molecule has 0 saturated carbocycles. The normalized spacial score (nSPS) is 18.7. The van der Waals surface area contributed by atoms with Crippen LogP contribution in [0.5, 0.6) is 0 Å². The van der Waals surface area contributed by atoms with Crippen molar-refractivity contribution in [3.05, 3.63) is 71.4 Å². The maximum absolute atomic E-state index is 13.3. The lowest BCUT2D eigenvalue weighted by atomic mass is 9.84. The summed E-state index contributed by atoms with van der Waals surface area (Å²) in [5.74, 6) is -0.216. The van der Waals surface area contributed by atoms with E-state index in [-0.39, 0.29) is 11.8 Å². The Morgan fingerprint density at radius 2 is 1.71 bits per heavy atom. The van der Waals surface area contributed by atoms with Crippen LogP contribution in [0.3, 0.4) is 0 Å². The minimum absolute atomic E-state index is 0.0306. The molecule has 1 aromatic heterocycles. The van der Waals surface area contributed by atoms with Crippen molar-refractivity contribution in [3.63, 3.8) is 0 Å². The Hall–Kier alpha value is -3.64. The molecule has 1 saturated heterocycles. The average Bonchev–Trinajstić information content (AvgIpc) is 3.26. The van der Waals surface area contributed by atoms with E-state index in [0.717, 1.165) is 66.7 Å². The average molecular weight is 467 g/mol. The van der Waals surface area contributed by atoms with Crippen LogP contribution in [0.15, 0.2) is 54.6 Å². The Morgan fingerprint density at radius 3 is 2.51 bits per heavy atom. The number of aromatic amines is 1. The SMILES string of the molecule is CN1CCN(C(=O)C2CCc3c([nH]c4c(C(N)=O)ccc(-c5cccc6ccccc56)c34)C2)CC1. The lowest BCUT2D eigenvalue weighted by Crippen LogP contribution is -2.49. The van der Waals surface area contributed by atoms with Crippen molar-refractivity contribution in [3.8, 4) is 11.1 Å². The topological polar surface area (TPSA) is 82.4 Å². The van der Waals surface area contributed by atoms with E-state index >= 15 is 0 Å². The van der Waals surface area contributed by atoms with Crippen LogP contribution in [0.25, 0.3) is 32.8 Å². The number of aryl methyl sites for hydroxylation is 1. The maximum atomic E-state index is 13.3. The summed E-state index contributed by atoms with van der Waals surface area (Å²) in [6.07, 6.45) is 2.29. The summed E-state index contributed by atoms with van der Waals surface area (Å²) in [6, 6.07) is 18.6. The van der Waals surface area contributed by atoms with Crippen molar-refractivity contribution in [1.82, 2.24) is 14.8 Å². The number of primary amides is 1. The smallest absolute Gasteiger partial charge is 0.250 e. The number of piperazine rings is 1. The lowest BCUT2D eigenvalue weighted by molar-refractivity contribution is -0.137. The number of amides is 2. The van der Waals surface area contributed by atoms with Crippen molar-refractivity contribution in [1.29, 1.82) is 0 Å². The van der Waals surface area contributed by atoms with Crippen LogP contribution in [-0.2, 0) is 17.6 Å². The summed E-state index contributed by atoms with van der Waals surface area (Å²) in [5.41, 5.74) is 11.6. The van der Waals surface area contributed by atoms with Gasteiger partial charge in [0.2, 0.25) is 5.91 Å². The summed E-state index contributed by atoms with van der Waals surface area (Å²) in [6.45, 7) is 3.43. The number of carbonyl (C=O) groups excluding carboxylic acids is 2. The molecule has 6 heteroatoms. The van der Waals surface area contributed by atoms with E-state index in [9.17, 15) is 9.59 Å². The fourth-order valence-electron chi connectivity index (χ4n) is 5.93. The molecule has 35 heavy (non-hydrogen) atoms. The molecule has 6 nitrogen and oxygen atoms in total. The Labute approximate surface area is 204 Å². The number of H-pyrrole nitrogens is 1. The molecule has 1 aliphatic heterocycles. The molecule has 2 aliphatic rings. The molecule has 4 aromatic rings. The van der Waals surface area contributed by atoms with Crippen molar-refractivity contribution in [2.75, 3.05) is 33.2 Å². The number of benzene rings is 3. The number of nitrogens with zero attached hydrogens (tertiary/aromatic N) is 2. The first-order valence-corrected chi connectivity index (χ1v) is 12.4. The van der Waals surface area contributed by atoms with Crippen LogP contribution >= 0.6 is 0 Å². The third kappa shape index (κ3) is 3.69. The molecule has 1 atom stereocenters. The molecular formula is C29H30N4O2. The summed E-state index contributed by atoms with van der Waals surface area (Å²) >= 11 is 0. The molecule has 0 spiro atoms. The number of aromatic nitrogens is 1. The second-order valence-corrected chi connectivity index (χ2v) is 9.95. The lowest BCUT2D eigenvalue weighted by Gasteiger charge is -2.35. The highest BCUT2D eigenvalue weighted by molar-refractivity contribution is 6.13. The summed E-state index contributed by atoms with van der Waals surface area (Å²) in [5, 5.41) is 3.43. The van der Waals surface area contributed by atoms with Crippen LogP contribution in [0.2, 0.25) is 0 Å². The Balaban J connectivity index is 1.45. The van der Waals surface area contributed by atoms with Crippen molar-refractivity contribution in [2.24, 2.45) is 11.7 Å². The van der Waals surface area contributed by atoms with Gasteiger partial charge in [-0.2, -0.15) is 0 Å². The van der Waals surface area contributed by atoms with Gasteiger partial charge >= 0.3 is 0 Å². The molecule has 1 unspecified atom stereocenters. The molecule has 0 radical (unpaired) electrons. The molecule has 2 heterocycles. The molecule has 1 aliphatic carbocycles. The number of fused-ring (bicyclic) bond motifs is 4. The number of likely N-dealkylation sites (N-methyl/N-ethyl adjacent to an activating group) is 1. The number of hydrogen-bond donors (Lipinski definition) is 2. The molecule has 1 fully saturated rings. The molecule has 6 rings (SSSR count). The number of carbonyl (C=O) groups is 2. The van der Waals surface area contributed by atoms with Crippen LogP contribution in [0.1, 0.15) is 28.0 Å². The van der Waals surface area contributed by atoms with Gasteiger partial charge in [0.1, 0.15) is 0 Å². The summed E-state index contributed by atoms with van der Waals surface area (Å²) < 4.78 is 0. The third-order valence-electron chi connectivity index (χ3n) is 7.85. The minimum atomic E-state index is -0.442. The molecular weight excluding hydrogens is 436 g/mol. The van der Waals surface area contributed by atoms with Crippen LogP contribution < -0.4 is 5.73 Å². The largest absolute Gasteiger partial charge is 0.366 e. The molecule has 3 N–H and O–H groups in total. The van der Waals surface area contributed by atoms with Crippen LogP contribution in [-0.4, -0.2) is 59.8 Å². The van der Waals surface area contributed by atoms with Crippen molar-refractivity contribution < 1.29 is 9.59 Å². The van der Waals surface area contributed by atoms with Gasteiger partial charge in [-0.1, -0.05) is 48.5 Å². The second kappa shape index (κ2) is 8.54. The first-order chi connectivity index (χ1) is 17.0. The van der Waals surface area contributed by atoms with E-state index in [4.69, 9.17) is 5.73 Å². The Kier molecular flexibility index (Phi) is 5.33. The Bertz CT molecular complexity index is 1460. The Morgan fingerprint density at radius 1 is 0.943 bits per heavy atom. The van der Waals surface area contributed by atoms with Gasteiger partial charge in [-0.3, -0.25) is 9.59 Å². The third-order valence-corrected chi connectivity index (χ3v) is 7.85. The quantitative estimate of drug-likeness (QED) is 0.479. The van der Waals surface area contributed by atoms with Gasteiger partial charge in [-0.15, -0.1) is 0 Å². The van der Waals surface area contributed by atoms with Crippen LogP contribution in [0, 0.1) is 5.92 Å². The minimum Gasteiger partial charge on any atom is -0.366 e. The van der Waals surface area contributed by atoms with E-state index in [0.29, 0.717) is 12.0 Å². The number of rotatable bonds is 3. The standard InChI is InChI=1S/C29H30N4O2/c1-32-13-15-33(16-14-32)29(35)19-9-10-23-25(17-19)31-27-24(28(30)34)12-11-22(26(23)27)21-8-4-6-18-5-2-3-7-20(18)21/h2-8,11-12,19,31H,9-10,13-17H2,1H3,(H2,30,34). The first kappa shape index (κ1) is 21.9. The molecule has 3 aromatic carbocycles. The van der Waals surface area contributed by atoms with E-state index in [1.54, 1.807) is 0 Å². The van der Waals surface area contributed by atoms with Crippen molar-refractivity contribution in [2.45, 2.75) is 19.3 Å². The molecule has 2 amide bonds. The van der Waals surface area contributed by atoms with E-state index in [2.05, 4.69) is 53.3 Å². The van der Waals surface area contributed by atoms with E-state index in [1.807, 2.05) is 23.1 Å². The highest BCUT2D eigenvalue weighted by Crippen LogP contribution is 2.41. The van der Waals surface area contributed by atoms with Gasteiger partial charge in [0.25, 0.3) is 5.91 Å². The fraction of sp³-hybridized carbons (Fsp3) is 0.310. The number of nitrogens with one attached hydrogen (secondary N) is 1. The van der Waals surface area contributed by atoms with Crippen molar-refractivity contribution >= 4 is 33.5 Å². The fourth-order valence-corrected chi connectivity index (χ4v) is 5.93. The highest BCUT2D eigenvalue weighted by Gasteiger charge is 2.32. The van der Waals surface area contributed by atoms with E-state index < -0.39 is 5.91 Å². The van der Waals surface area contributed by atoms with Gasteiger partial charge in [-0.05, 0) is 59.8 Å². The first-order valence-electron chi connectivity index (χ1n) is 12.4. The summed E-state index contributed by atoms with van der Waals surface area (Å²) in [4.78, 5) is 33.5. The van der Waals surface area contributed by atoms with Gasteiger partial charge in [0.05, 0.1) is 11.1 Å². The maximum Gasteiger partial charge on any atom is 0.250 e. The predicted octanol–water partition coefficient (Wildman–Crippen LogP) is 3.97. The highest BCUT2D eigenvalue weighted by atomic mass is 16.2.